The van der Waals surface area contributed by atoms with Crippen molar-refractivity contribution >= 4 is 12.0 Å². The minimum absolute atomic E-state index is 0.0993. The van der Waals surface area contributed by atoms with Crippen molar-refractivity contribution < 1.29 is 9.53 Å². The number of hydrogen-bond donors (Lipinski definition) is 0. The van der Waals surface area contributed by atoms with Gasteiger partial charge in [-0.15, -0.1) is 10.2 Å². The fourth-order valence-electron chi connectivity index (χ4n) is 4.86. The Morgan fingerprint density at radius 3 is 2.62 bits per heavy atom. The molecule has 1 saturated heterocycles. The van der Waals surface area contributed by atoms with Crippen LogP contribution in [0.3, 0.4) is 0 Å². The van der Waals surface area contributed by atoms with Crippen LogP contribution in [0.2, 0.25) is 0 Å². The second-order valence-corrected chi connectivity index (χ2v) is 9.36. The molecule has 0 bridgehead atoms. The highest BCUT2D eigenvalue weighted by atomic mass is 16.5. The number of nitrogens with zero attached hydrogens (tertiary/aromatic N) is 7. The van der Waals surface area contributed by atoms with Gasteiger partial charge in [-0.1, -0.05) is 11.6 Å². The molecule has 2 aromatic heterocycles. The highest BCUT2D eigenvalue weighted by molar-refractivity contribution is 5.97. The largest absolute Gasteiger partial charge is 0.496 e. The quantitative estimate of drug-likeness (QED) is 0.595. The van der Waals surface area contributed by atoms with Crippen LogP contribution < -0.4 is 4.74 Å². The van der Waals surface area contributed by atoms with Gasteiger partial charge < -0.3 is 14.2 Å². The van der Waals surface area contributed by atoms with Gasteiger partial charge in [-0.3, -0.25) is 4.79 Å². The average Bonchev–Trinajstić information content (AvgIpc) is 3.40. The second-order valence-electron chi connectivity index (χ2n) is 9.36. The molecule has 0 radical (unpaired) electrons. The number of ether oxygens (including phenoxy) is 1. The normalized spacial score (nSPS) is 18.4. The van der Waals surface area contributed by atoms with E-state index in [1.54, 1.807) is 19.1 Å². The first-order valence-corrected chi connectivity index (χ1v) is 11.3. The van der Waals surface area contributed by atoms with Crippen LogP contribution in [-0.4, -0.2) is 54.8 Å². The van der Waals surface area contributed by atoms with E-state index in [0.29, 0.717) is 36.8 Å². The molecule has 4 heterocycles. The Balaban J connectivity index is 1.70. The Bertz CT molecular complexity index is 1390. The van der Waals surface area contributed by atoms with Crippen LogP contribution in [0.4, 0.5) is 0 Å². The number of amides is 1. The number of rotatable bonds is 4. The van der Waals surface area contributed by atoms with Crippen LogP contribution in [0.25, 0.3) is 28.7 Å². The number of benzene rings is 1. The molecule has 0 spiro atoms. The van der Waals surface area contributed by atoms with E-state index in [9.17, 15) is 10.1 Å². The van der Waals surface area contributed by atoms with Crippen molar-refractivity contribution in [2.45, 2.75) is 45.7 Å². The summed E-state index contributed by atoms with van der Waals surface area (Å²) in [6, 6.07) is 8.33. The van der Waals surface area contributed by atoms with Crippen molar-refractivity contribution in [3.63, 3.8) is 0 Å². The number of carbonyl (C=O) groups excluding carboxylic acids is 1. The van der Waals surface area contributed by atoms with Gasteiger partial charge in [-0.05, 0) is 56.2 Å². The molecule has 9 heteroatoms. The molecule has 5 rings (SSSR count). The summed E-state index contributed by atoms with van der Waals surface area (Å²) in [5.41, 5.74) is 5.88. The van der Waals surface area contributed by atoms with Crippen molar-refractivity contribution in [2.24, 2.45) is 7.05 Å². The smallest absolute Gasteiger partial charge is 0.271 e. The molecule has 3 aromatic rings. The van der Waals surface area contributed by atoms with Crippen LogP contribution >= 0.6 is 0 Å². The highest BCUT2D eigenvalue weighted by Gasteiger charge is 2.45. The Morgan fingerprint density at radius 1 is 1.24 bits per heavy atom. The van der Waals surface area contributed by atoms with Gasteiger partial charge >= 0.3 is 0 Å². The molecular formula is C25H27N7O2. The summed E-state index contributed by atoms with van der Waals surface area (Å²) in [7, 11) is 3.36. The summed E-state index contributed by atoms with van der Waals surface area (Å²) in [6.07, 6.45) is 3.55. The molecule has 0 N–H and O–H groups in total. The minimum atomic E-state index is -0.747. The molecular weight excluding hydrogens is 430 g/mol. The van der Waals surface area contributed by atoms with Crippen LogP contribution in [0.1, 0.15) is 48.8 Å². The lowest BCUT2D eigenvalue weighted by molar-refractivity contribution is 0.0294. The first-order chi connectivity index (χ1) is 16.3. The molecule has 2 aliphatic rings. The van der Waals surface area contributed by atoms with E-state index < -0.39 is 5.54 Å². The van der Waals surface area contributed by atoms with Gasteiger partial charge in [-0.25, -0.2) is 0 Å². The van der Waals surface area contributed by atoms with E-state index in [4.69, 9.17) is 4.74 Å². The molecule has 0 aliphatic carbocycles. The van der Waals surface area contributed by atoms with Crippen molar-refractivity contribution in [1.29, 1.82) is 5.26 Å². The fraction of sp³-hybridized carbons (Fsp3) is 0.400. The summed E-state index contributed by atoms with van der Waals surface area (Å²) in [5.74, 6) is 1.08. The van der Waals surface area contributed by atoms with Crippen LogP contribution in [0.5, 0.6) is 5.75 Å². The first-order valence-electron chi connectivity index (χ1n) is 11.3. The molecule has 1 amide bonds. The maximum atomic E-state index is 13.6. The number of fused-ring (bicyclic) bond motifs is 3. The number of aryl methyl sites for hydroxylation is 2. The van der Waals surface area contributed by atoms with E-state index in [1.165, 1.54) is 4.80 Å². The Morgan fingerprint density at radius 2 is 2.03 bits per heavy atom. The lowest BCUT2D eigenvalue weighted by atomic mass is 9.88. The SMILES string of the molecule is COc1cc2c(cc1-c1nnn(C)n1)-c1c(C=C(C)C)cc(C(=O)N3CC[C@]3(C)C#N)n1CC2. The van der Waals surface area contributed by atoms with Crippen LogP contribution in [-0.2, 0) is 20.0 Å². The number of aromatic nitrogens is 5. The molecule has 34 heavy (non-hydrogen) atoms. The number of tetrazole rings is 1. The molecule has 0 saturated carbocycles. The van der Waals surface area contributed by atoms with Gasteiger partial charge in [0.2, 0.25) is 5.82 Å². The number of allylic oxidation sites excluding steroid dienone is 1. The average molecular weight is 458 g/mol. The number of carbonyl (C=O) groups is 1. The Kier molecular flexibility index (Phi) is 5.04. The predicted molar refractivity (Wildman–Crippen MR) is 127 cm³/mol. The Hall–Kier alpha value is -3.93. The molecule has 174 valence electrons. The maximum Gasteiger partial charge on any atom is 0.271 e. The molecule has 0 unspecified atom stereocenters. The third kappa shape index (κ3) is 3.29. The van der Waals surface area contributed by atoms with E-state index in [1.807, 2.05) is 39.0 Å². The second kappa shape index (κ2) is 7.83. The summed E-state index contributed by atoms with van der Waals surface area (Å²) < 4.78 is 7.76. The highest BCUT2D eigenvalue weighted by Crippen LogP contribution is 2.42. The van der Waals surface area contributed by atoms with Gasteiger partial charge in [-0.2, -0.15) is 10.1 Å². The zero-order chi connectivity index (χ0) is 24.2. The molecule has 2 aliphatic heterocycles. The van der Waals surface area contributed by atoms with Gasteiger partial charge in [0.1, 0.15) is 17.0 Å². The maximum absolute atomic E-state index is 13.6. The third-order valence-corrected chi connectivity index (χ3v) is 6.73. The molecule has 1 atom stereocenters. The fourth-order valence-corrected chi connectivity index (χ4v) is 4.86. The van der Waals surface area contributed by atoms with Gasteiger partial charge in [0.25, 0.3) is 5.91 Å². The summed E-state index contributed by atoms with van der Waals surface area (Å²) >= 11 is 0. The topological polar surface area (TPSA) is 102 Å². The van der Waals surface area contributed by atoms with E-state index in [2.05, 4.69) is 32.1 Å². The number of likely N-dealkylation sites (tertiary alicyclic amines) is 1. The number of methoxy groups -OCH3 is 1. The van der Waals surface area contributed by atoms with Crippen molar-refractivity contribution in [2.75, 3.05) is 13.7 Å². The van der Waals surface area contributed by atoms with Gasteiger partial charge in [0, 0.05) is 30.6 Å². The molecule has 1 fully saturated rings. The summed E-state index contributed by atoms with van der Waals surface area (Å²) in [4.78, 5) is 16.7. The van der Waals surface area contributed by atoms with Crippen LogP contribution in [0, 0.1) is 11.3 Å². The number of hydrogen-bond acceptors (Lipinski definition) is 6. The monoisotopic (exact) mass is 457 g/mol. The minimum Gasteiger partial charge on any atom is -0.496 e. The van der Waals surface area contributed by atoms with E-state index in [0.717, 1.165) is 39.9 Å². The lowest BCUT2D eigenvalue weighted by Crippen LogP contribution is -2.59. The predicted octanol–water partition coefficient (Wildman–Crippen LogP) is 3.46. The van der Waals surface area contributed by atoms with Gasteiger partial charge in [0.05, 0.1) is 31.5 Å². The standard InChI is InChI=1S/C25H27N7O2/c1-15(2)10-17-11-20(24(33)32-9-7-25(32,3)14-26)31-8-6-16-12-21(34-5)19(13-18(16)22(17)31)23-27-29-30(4)28-23/h10-13H,6-9H2,1-5H3/t25-/m1/s1. The molecule has 9 nitrogen and oxygen atoms in total. The zero-order valence-corrected chi connectivity index (χ0v) is 20.1. The first kappa shape index (κ1) is 21.9. The lowest BCUT2D eigenvalue weighted by Gasteiger charge is -2.45. The van der Waals surface area contributed by atoms with Crippen molar-refractivity contribution in [1.82, 2.24) is 29.7 Å². The zero-order valence-electron chi connectivity index (χ0n) is 20.1. The van der Waals surface area contributed by atoms with E-state index in [-0.39, 0.29) is 5.91 Å². The van der Waals surface area contributed by atoms with Crippen molar-refractivity contribution in [3.05, 3.63) is 40.6 Å². The summed E-state index contributed by atoms with van der Waals surface area (Å²) in [5, 5.41) is 22.1. The Labute approximate surface area is 198 Å². The number of nitriles is 1. The molecule has 1 aromatic carbocycles. The van der Waals surface area contributed by atoms with Gasteiger partial charge in [0.15, 0.2) is 0 Å². The van der Waals surface area contributed by atoms with Crippen molar-refractivity contribution in [3.8, 4) is 34.5 Å². The third-order valence-electron chi connectivity index (χ3n) is 6.73. The summed E-state index contributed by atoms with van der Waals surface area (Å²) in [6.45, 7) is 7.18. The van der Waals surface area contributed by atoms with Crippen LogP contribution in [0.15, 0.2) is 23.8 Å². The van der Waals surface area contributed by atoms with E-state index >= 15 is 0 Å².